The molecule has 0 aromatic rings. The second kappa shape index (κ2) is 5.61. The monoisotopic (exact) mass is 187 g/mol. The lowest BCUT2D eigenvalue weighted by Crippen LogP contribution is -2.42. The molecule has 0 saturated heterocycles. The summed E-state index contributed by atoms with van der Waals surface area (Å²) in [4.78, 5) is 2.30. The number of hydrogen-bond donors (Lipinski definition) is 0. The van der Waals surface area contributed by atoms with Gasteiger partial charge in [-0.3, -0.25) is 0 Å². The molecule has 1 atom stereocenters. The van der Waals surface area contributed by atoms with Gasteiger partial charge in [0.25, 0.3) is 0 Å². The molecule has 0 aliphatic carbocycles. The summed E-state index contributed by atoms with van der Waals surface area (Å²) in [6.45, 7) is 12.8. The van der Waals surface area contributed by atoms with Crippen LogP contribution >= 0.6 is 0 Å². The Bertz CT molecular complexity index is 136. The highest BCUT2D eigenvalue weighted by molar-refractivity contribution is 4.77. The van der Waals surface area contributed by atoms with Gasteiger partial charge in [0.15, 0.2) is 0 Å². The summed E-state index contributed by atoms with van der Waals surface area (Å²) in [7, 11) is 2.14. The Morgan fingerprint density at radius 1 is 1.31 bits per heavy atom. The van der Waals surface area contributed by atoms with E-state index in [-0.39, 0.29) is 5.60 Å². The third kappa shape index (κ3) is 5.27. The van der Waals surface area contributed by atoms with Crippen molar-refractivity contribution in [1.82, 2.24) is 4.90 Å². The van der Waals surface area contributed by atoms with Gasteiger partial charge in [0.05, 0.1) is 11.7 Å². The average molecular weight is 187 g/mol. The maximum Gasteiger partial charge on any atom is 0.0781 e. The molecule has 0 rings (SSSR count). The van der Waals surface area contributed by atoms with Gasteiger partial charge in [-0.2, -0.15) is 0 Å². The highest BCUT2D eigenvalue weighted by Gasteiger charge is 2.25. The van der Waals surface area contributed by atoms with Crippen molar-refractivity contribution < 1.29 is 4.74 Å². The Morgan fingerprint density at radius 3 is 2.15 bits per heavy atom. The number of likely N-dealkylation sites (N-methyl/N-ethyl adjacent to an activating group) is 1. The second-order valence-corrected chi connectivity index (χ2v) is 4.30. The van der Waals surface area contributed by atoms with Crippen molar-refractivity contribution >= 4 is 0 Å². The van der Waals surface area contributed by atoms with E-state index in [1.165, 1.54) is 0 Å². The van der Waals surface area contributed by atoms with E-state index in [1.54, 1.807) is 0 Å². The van der Waals surface area contributed by atoms with Crippen LogP contribution < -0.4 is 0 Å². The molecule has 0 fully saturated rings. The van der Waals surface area contributed by atoms with E-state index in [0.29, 0.717) is 6.10 Å². The van der Waals surface area contributed by atoms with Crippen molar-refractivity contribution in [2.75, 3.05) is 20.1 Å². The highest BCUT2D eigenvalue weighted by atomic mass is 16.5. The third-order valence-electron chi connectivity index (χ3n) is 2.41. The molecule has 2 heteroatoms. The van der Waals surface area contributed by atoms with Crippen LogP contribution in [0.5, 0.6) is 0 Å². The topological polar surface area (TPSA) is 12.5 Å². The van der Waals surface area contributed by atoms with Crippen molar-refractivity contribution in [3.63, 3.8) is 0 Å². The minimum atomic E-state index is 0.0128. The van der Waals surface area contributed by atoms with Crippen LogP contribution in [0.25, 0.3) is 0 Å². The van der Waals surface area contributed by atoms with Crippen LogP contribution in [-0.2, 0) is 4.74 Å². The van der Waals surface area contributed by atoms with Crippen LogP contribution in [0, 0.1) is 0 Å². The largest absolute Gasteiger partial charge is 0.371 e. The van der Waals surface area contributed by atoms with Crippen LogP contribution in [0.2, 0.25) is 0 Å². The van der Waals surface area contributed by atoms with Crippen LogP contribution in [0.1, 0.15) is 41.0 Å². The van der Waals surface area contributed by atoms with Crippen LogP contribution in [0.15, 0.2) is 0 Å². The number of hydrogen-bond acceptors (Lipinski definition) is 2. The van der Waals surface area contributed by atoms with E-state index in [1.807, 2.05) is 0 Å². The fraction of sp³-hybridized carbons (Fsp3) is 1.00. The normalized spacial score (nSPS) is 16.6. The molecule has 0 heterocycles. The van der Waals surface area contributed by atoms with E-state index >= 15 is 0 Å². The first-order valence-electron chi connectivity index (χ1n) is 5.30. The Morgan fingerprint density at radius 2 is 1.85 bits per heavy atom. The molecule has 0 amide bonds. The lowest BCUT2D eigenvalue weighted by molar-refractivity contribution is -0.0835. The molecule has 0 spiro atoms. The van der Waals surface area contributed by atoms with E-state index in [0.717, 1.165) is 19.5 Å². The minimum Gasteiger partial charge on any atom is -0.371 e. The maximum atomic E-state index is 5.92. The smallest absolute Gasteiger partial charge is 0.0781 e. The van der Waals surface area contributed by atoms with Crippen LogP contribution in [0.4, 0.5) is 0 Å². The molecule has 2 nitrogen and oxygen atoms in total. The molecule has 0 radical (unpaired) electrons. The van der Waals surface area contributed by atoms with Gasteiger partial charge >= 0.3 is 0 Å². The average Bonchev–Trinajstić information content (AvgIpc) is 2.02. The summed E-state index contributed by atoms with van der Waals surface area (Å²) in [5, 5.41) is 0. The Hall–Kier alpha value is -0.0800. The SMILES string of the molecule is CCN(C)CC(C)(CC)OC(C)C. The summed E-state index contributed by atoms with van der Waals surface area (Å²) in [5.41, 5.74) is 0.0128. The third-order valence-corrected chi connectivity index (χ3v) is 2.41. The molecule has 0 N–H and O–H groups in total. The maximum absolute atomic E-state index is 5.92. The number of ether oxygens (including phenoxy) is 1. The summed E-state index contributed by atoms with van der Waals surface area (Å²) in [5.74, 6) is 0. The predicted molar refractivity (Wildman–Crippen MR) is 58.1 cm³/mol. The van der Waals surface area contributed by atoms with Gasteiger partial charge in [0, 0.05) is 6.54 Å². The Balaban J connectivity index is 4.10. The van der Waals surface area contributed by atoms with E-state index in [2.05, 4.69) is 46.6 Å². The van der Waals surface area contributed by atoms with Crippen LogP contribution in [-0.4, -0.2) is 36.7 Å². The summed E-state index contributed by atoms with van der Waals surface area (Å²) >= 11 is 0. The Kier molecular flexibility index (Phi) is 5.57. The fourth-order valence-electron chi connectivity index (χ4n) is 1.48. The molecular formula is C11H25NO. The summed E-state index contributed by atoms with van der Waals surface area (Å²) < 4.78 is 5.92. The zero-order chi connectivity index (χ0) is 10.5. The molecule has 0 saturated carbocycles. The van der Waals surface area contributed by atoms with Crippen molar-refractivity contribution in [3.8, 4) is 0 Å². The zero-order valence-corrected chi connectivity index (χ0v) is 10.1. The van der Waals surface area contributed by atoms with Crippen molar-refractivity contribution in [1.29, 1.82) is 0 Å². The first kappa shape index (κ1) is 12.9. The first-order chi connectivity index (χ1) is 5.93. The van der Waals surface area contributed by atoms with Gasteiger partial charge in [-0.15, -0.1) is 0 Å². The quantitative estimate of drug-likeness (QED) is 0.633. The molecule has 0 aliphatic heterocycles. The van der Waals surface area contributed by atoms with Gasteiger partial charge in [0.1, 0.15) is 0 Å². The molecule has 80 valence electrons. The molecule has 0 aromatic heterocycles. The van der Waals surface area contributed by atoms with E-state index in [9.17, 15) is 0 Å². The van der Waals surface area contributed by atoms with E-state index in [4.69, 9.17) is 4.74 Å². The molecule has 0 aliphatic rings. The molecular weight excluding hydrogens is 162 g/mol. The molecule has 13 heavy (non-hydrogen) atoms. The Labute approximate surface area is 83.3 Å². The summed E-state index contributed by atoms with van der Waals surface area (Å²) in [6, 6.07) is 0. The molecule has 0 bridgehead atoms. The van der Waals surface area contributed by atoms with Gasteiger partial charge in [0.2, 0.25) is 0 Å². The molecule has 1 unspecified atom stereocenters. The predicted octanol–water partition coefficient (Wildman–Crippen LogP) is 2.53. The first-order valence-corrected chi connectivity index (χ1v) is 5.30. The number of nitrogens with zero attached hydrogens (tertiary/aromatic N) is 1. The van der Waals surface area contributed by atoms with Crippen molar-refractivity contribution in [2.24, 2.45) is 0 Å². The number of rotatable bonds is 6. The lowest BCUT2D eigenvalue weighted by atomic mass is 10.0. The van der Waals surface area contributed by atoms with Gasteiger partial charge in [-0.05, 0) is 40.8 Å². The zero-order valence-electron chi connectivity index (χ0n) is 10.1. The van der Waals surface area contributed by atoms with Gasteiger partial charge in [-0.25, -0.2) is 0 Å². The van der Waals surface area contributed by atoms with Crippen molar-refractivity contribution in [3.05, 3.63) is 0 Å². The van der Waals surface area contributed by atoms with Crippen molar-refractivity contribution in [2.45, 2.75) is 52.7 Å². The van der Waals surface area contributed by atoms with E-state index < -0.39 is 0 Å². The van der Waals surface area contributed by atoms with Gasteiger partial charge in [-0.1, -0.05) is 13.8 Å². The summed E-state index contributed by atoms with van der Waals surface area (Å²) in [6.07, 6.45) is 1.38. The molecule has 0 aromatic carbocycles. The minimum absolute atomic E-state index is 0.0128. The van der Waals surface area contributed by atoms with Crippen LogP contribution in [0.3, 0.4) is 0 Å². The second-order valence-electron chi connectivity index (χ2n) is 4.30. The lowest BCUT2D eigenvalue weighted by Gasteiger charge is -2.34. The fourth-order valence-corrected chi connectivity index (χ4v) is 1.48. The van der Waals surface area contributed by atoms with Gasteiger partial charge < -0.3 is 9.64 Å². The standard InChI is InChI=1S/C11H25NO/c1-7-11(5,13-10(3)4)9-12(6)8-2/h10H,7-9H2,1-6H3. The highest BCUT2D eigenvalue weighted by Crippen LogP contribution is 2.18.